The second-order valence-corrected chi connectivity index (χ2v) is 5.42. The number of hydrogen-bond donors (Lipinski definition) is 1. The Hall–Kier alpha value is -2.25. The highest BCUT2D eigenvalue weighted by Crippen LogP contribution is 2.37. The van der Waals surface area contributed by atoms with Gasteiger partial charge in [-0.2, -0.15) is 0 Å². The number of aromatic carboxylic acids is 1. The Morgan fingerprint density at radius 1 is 1.36 bits per heavy atom. The van der Waals surface area contributed by atoms with Gasteiger partial charge in [0.25, 0.3) is 5.69 Å². The number of benzene rings is 1. The Morgan fingerprint density at radius 2 is 2.00 bits per heavy atom. The molecule has 0 unspecified atom stereocenters. The first-order valence-corrected chi connectivity index (χ1v) is 6.90. The van der Waals surface area contributed by atoms with Crippen LogP contribution in [0.15, 0.2) is 18.2 Å². The largest absolute Gasteiger partial charge is 0.545 e. The Kier molecular flexibility index (Phi) is 4.58. The second kappa shape index (κ2) is 6.25. The molecule has 1 aliphatic rings. The van der Waals surface area contributed by atoms with Crippen LogP contribution in [0, 0.1) is 16.0 Å². The zero-order valence-electron chi connectivity index (χ0n) is 11.7. The van der Waals surface area contributed by atoms with E-state index in [1.54, 1.807) is 0 Å². The molecule has 1 N–H and O–H groups in total. The van der Waals surface area contributed by atoms with Crippen molar-refractivity contribution >= 4 is 17.3 Å². The summed E-state index contributed by atoms with van der Waals surface area (Å²) >= 11 is 0. The van der Waals surface area contributed by atoms with Gasteiger partial charge in [-0.15, -0.1) is 0 Å². The third kappa shape index (κ3) is 3.69. The lowest BCUT2D eigenvalue weighted by Gasteiger charge is -2.28. The minimum atomic E-state index is -2.65. The molecule has 2 rings (SSSR count). The van der Waals surface area contributed by atoms with Gasteiger partial charge in [-0.05, 0) is 18.8 Å². The van der Waals surface area contributed by atoms with Crippen LogP contribution in [0.4, 0.5) is 20.2 Å². The van der Waals surface area contributed by atoms with Crippen molar-refractivity contribution in [1.29, 1.82) is 0 Å². The molecule has 0 aromatic heterocycles. The van der Waals surface area contributed by atoms with E-state index in [4.69, 9.17) is 0 Å². The van der Waals surface area contributed by atoms with Gasteiger partial charge in [-0.1, -0.05) is 12.1 Å². The van der Waals surface area contributed by atoms with Crippen LogP contribution in [-0.4, -0.2) is 23.4 Å². The predicted molar refractivity (Wildman–Crippen MR) is 72.8 cm³/mol. The van der Waals surface area contributed by atoms with Crippen LogP contribution in [0.2, 0.25) is 0 Å². The zero-order chi connectivity index (χ0) is 16.3. The zero-order valence-corrected chi connectivity index (χ0v) is 11.7. The monoisotopic (exact) mass is 313 g/mol. The number of rotatable bonds is 5. The molecule has 1 saturated carbocycles. The van der Waals surface area contributed by atoms with Crippen LogP contribution in [0.3, 0.4) is 0 Å². The summed E-state index contributed by atoms with van der Waals surface area (Å²) in [5, 5.41) is 24.8. The SMILES string of the molecule is O=C([O-])c1cccc([N+](=O)[O-])c1NCC1CCC(F)(F)CC1. The number of alkyl halides is 2. The quantitative estimate of drug-likeness (QED) is 0.664. The molecule has 0 heterocycles. The Morgan fingerprint density at radius 3 is 2.55 bits per heavy atom. The first kappa shape index (κ1) is 16.1. The molecule has 0 aliphatic heterocycles. The van der Waals surface area contributed by atoms with Gasteiger partial charge in [0, 0.05) is 31.0 Å². The van der Waals surface area contributed by atoms with Gasteiger partial charge in [0.15, 0.2) is 0 Å². The fourth-order valence-electron chi connectivity index (χ4n) is 2.60. The van der Waals surface area contributed by atoms with Gasteiger partial charge in [-0.3, -0.25) is 10.1 Å². The summed E-state index contributed by atoms with van der Waals surface area (Å²) in [6.45, 7) is 0.210. The number of nitrogens with one attached hydrogen (secondary N) is 1. The van der Waals surface area contributed by atoms with E-state index >= 15 is 0 Å². The average Bonchev–Trinajstić information content (AvgIpc) is 2.45. The van der Waals surface area contributed by atoms with E-state index in [9.17, 15) is 28.8 Å². The molecule has 1 aromatic carbocycles. The molecule has 0 saturated heterocycles. The number of halogens is 2. The summed E-state index contributed by atoms with van der Waals surface area (Å²) in [4.78, 5) is 21.4. The molecule has 0 spiro atoms. The Labute approximate surface area is 125 Å². The molecular weight excluding hydrogens is 298 g/mol. The summed E-state index contributed by atoms with van der Waals surface area (Å²) in [5.41, 5.74) is -0.817. The van der Waals surface area contributed by atoms with Crippen molar-refractivity contribution < 1.29 is 23.6 Å². The van der Waals surface area contributed by atoms with Crippen LogP contribution >= 0.6 is 0 Å². The fourth-order valence-corrected chi connectivity index (χ4v) is 2.60. The van der Waals surface area contributed by atoms with Crippen molar-refractivity contribution in [1.82, 2.24) is 0 Å². The number of nitro benzene ring substituents is 1. The first-order valence-electron chi connectivity index (χ1n) is 6.90. The Bertz CT molecular complexity index is 550. The lowest BCUT2D eigenvalue weighted by atomic mass is 9.86. The van der Waals surface area contributed by atoms with Crippen molar-refractivity contribution in [2.75, 3.05) is 11.9 Å². The summed E-state index contributed by atoms with van der Waals surface area (Å²) < 4.78 is 26.2. The molecule has 0 atom stereocenters. The van der Waals surface area contributed by atoms with Crippen molar-refractivity contribution in [3.63, 3.8) is 0 Å². The molecule has 8 heteroatoms. The van der Waals surface area contributed by atoms with E-state index in [0.29, 0.717) is 12.8 Å². The molecule has 22 heavy (non-hydrogen) atoms. The van der Waals surface area contributed by atoms with Gasteiger partial charge in [0.05, 0.1) is 10.9 Å². The molecule has 1 fully saturated rings. The number of carboxylic acid groups (broad SMARTS) is 1. The van der Waals surface area contributed by atoms with Crippen LogP contribution in [0.5, 0.6) is 0 Å². The molecule has 0 radical (unpaired) electrons. The summed E-state index contributed by atoms with van der Waals surface area (Å²) in [6.07, 6.45) is 0.149. The fraction of sp³-hybridized carbons (Fsp3) is 0.500. The minimum Gasteiger partial charge on any atom is -0.545 e. The highest BCUT2D eigenvalue weighted by molar-refractivity contribution is 5.95. The van der Waals surface area contributed by atoms with Gasteiger partial charge >= 0.3 is 0 Å². The maximum absolute atomic E-state index is 13.1. The van der Waals surface area contributed by atoms with Crippen LogP contribution in [0.25, 0.3) is 0 Å². The third-order valence-electron chi connectivity index (χ3n) is 3.86. The van der Waals surface area contributed by atoms with Crippen LogP contribution in [-0.2, 0) is 0 Å². The number of carbonyl (C=O) groups excluding carboxylic acids is 1. The highest BCUT2D eigenvalue weighted by atomic mass is 19.3. The average molecular weight is 313 g/mol. The third-order valence-corrected chi connectivity index (χ3v) is 3.86. The maximum Gasteiger partial charge on any atom is 0.293 e. The summed E-state index contributed by atoms with van der Waals surface area (Å²) in [7, 11) is 0. The Balaban J connectivity index is 2.12. The summed E-state index contributed by atoms with van der Waals surface area (Å²) in [5.74, 6) is -4.25. The molecule has 1 aliphatic carbocycles. The summed E-state index contributed by atoms with van der Waals surface area (Å²) in [6, 6.07) is 3.65. The van der Waals surface area contributed by atoms with Crippen molar-refractivity contribution in [3.05, 3.63) is 33.9 Å². The van der Waals surface area contributed by atoms with Gasteiger partial charge in [-0.25, -0.2) is 8.78 Å². The number of carbonyl (C=O) groups is 1. The van der Waals surface area contributed by atoms with E-state index < -0.39 is 16.8 Å². The van der Waals surface area contributed by atoms with E-state index in [2.05, 4.69) is 5.32 Å². The molecule has 1 aromatic rings. The number of hydrogen-bond acceptors (Lipinski definition) is 5. The second-order valence-electron chi connectivity index (χ2n) is 5.42. The lowest BCUT2D eigenvalue weighted by Crippen LogP contribution is -2.29. The number of anilines is 1. The number of carboxylic acids is 1. The minimum absolute atomic E-state index is 0.0750. The number of nitro groups is 1. The topological polar surface area (TPSA) is 95.3 Å². The van der Waals surface area contributed by atoms with Crippen molar-refractivity contribution in [2.24, 2.45) is 5.92 Å². The molecule has 0 amide bonds. The van der Waals surface area contributed by atoms with Crippen molar-refractivity contribution in [2.45, 2.75) is 31.6 Å². The molecule has 0 bridgehead atoms. The van der Waals surface area contributed by atoms with E-state index in [0.717, 1.165) is 0 Å². The molecule has 6 nitrogen and oxygen atoms in total. The smallest absolute Gasteiger partial charge is 0.293 e. The normalized spacial score (nSPS) is 17.9. The first-order chi connectivity index (χ1) is 10.3. The predicted octanol–water partition coefficient (Wildman–Crippen LogP) is 2.20. The lowest BCUT2D eigenvalue weighted by molar-refractivity contribution is -0.384. The van der Waals surface area contributed by atoms with E-state index in [-0.39, 0.29) is 42.2 Å². The van der Waals surface area contributed by atoms with Gasteiger partial charge in [0.1, 0.15) is 5.69 Å². The standard InChI is InChI=1S/C14H16F2N2O4/c15-14(16)6-4-9(5-7-14)8-17-12-10(13(19)20)2-1-3-11(12)18(21)22/h1-3,9,17H,4-8H2,(H,19,20)/p-1. The van der Waals surface area contributed by atoms with Gasteiger partial charge in [0.2, 0.25) is 5.92 Å². The van der Waals surface area contributed by atoms with E-state index in [1.807, 2.05) is 0 Å². The highest BCUT2D eigenvalue weighted by Gasteiger charge is 2.34. The van der Waals surface area contributed by atoms with Gasteiger partial charge < -0.3 is 15.2 Å². The van der Waals surface area contributed by atoms with Crippen LogP contribution in [0.1, 0.15) is 36.0 Å². The molecular formula is C14H15F2N2O4-. The maximum atomic E-state index is 13.1. The van der Waals surface area contributed by atoms with E-state index in [1.165, 1.54) is 18.2 Å². The number of nitrogens with zero attached hydrogens (tertiary/aromatic N) is 1. The van der Waals surface area contributed by atoms with Crippen molar-refractivity contribution in [3.8, 4) is 0 Å². The van der Waals surface area contributed by atoms with Crippen LogP contribution < -0.4 is 10.4 Å². The molecule has 120 valence electrons. The number of para-hydroxylation sites is 1.